The molecule has 114 valence electrons. The lowest BCUT2D eigenvalue weighted by molar-refractivity contribution is 0.244. The molecule has 2 aromatic rings. The molecule has 0 saturated heterocycles. The van der Waals surface area contributed by atoms with Crippen molar-refractivity contribution in [1.29, 1.82) is 0 Å². The summed E-state index contributed by atoms with van der Waals surface area (Å²) >= 11 is 0. The SMILES string of the molecule is COc1cccc2nc(N)nc(NCC3=CCOC(C)=C3)c12. The molecular weight excluding hydrogens is 280 g/mol. The summed E-state index contributed by atoms with van der Waals surface area (Å²) in [6.07, 6.45) is 4.03. The number of ether oxygens (including phenoxy) is 2. The number of nitrogens with two attached hydrogens (primary N) is 1. The van der Waals surface area contributed by atoms with Gasteiger partial charge in [0.1, 0.15) is 18.2 Å². The summed E-state index contributed by atoms with van der Waals surface area (Å²) in [4.78, 5) is 8.56. The highest BCUT2D eigenvalue weighted by atomic mass is 16.5. The first-order chi connectivity index (χ1) is 10.7. The second-order valence-corrected chi connectivity index (χ2v) is 4.98. The van der Waals surface area contributed by atoms with Gasteiger partial charge in [-0.3, -0.25) is 0 Å². The second kappa shape index (κ2) is 5.93. The summed E-state index contributed by atoms with van der Waals surface area (Å²) in [5.74, 6) is 2.52. The average Bonchev–Trinajstić information content (AvgIpc) is 2.51. The maximum atomic E-state index is 5.80. The average molecular weight is 298 g/mol. The molecule has 2 heterocycles. The van der Waals surface area contributed by atoms with Crippen LogP contribution in [0.3, 0.4) is 0 Å². The van der Waals surface area contributed by atoms with Crippen LogP contribution >= 0.6 is 0 Å². The number of methoxy groups -OCH3 is 1. The Morgan fingerprint density at radius 2 is 2.23 bits per heavy atom. The van der Waals surface area contributed by atoms with E-state index in [0.717, 1.165) is 22.2 Å². The van der Waals surface area contributed by atoms with Crippen molar-refractivity contribution in [3.05, 3.63) is 41.7 Å². The molecule has 1 aliphatic heterocycles. The molecule has 0 saturated carbocycles. The number of aromatic nitrogens is 2. The second-order valence-electron chi connectivity index (χ2n) is 4.98. The lowest BCUT2D eigenvalue weighted by Gasteiger charge is -2.15. The van der Waals surface area contributed by atoms with Gasteiger partial charge in [-0.25, -0.2) is 4.98 Å². The van der Waals surface area contributed by atoms with E-state index in [9.17, 15) is 0 Å². The predicted molar refractivity (Wildman–Crippen MR) is 86.8 cm³/mol. The van der Waals surface area contributed by atoms with E-state index < -0.39 is 0 Å². The van der Waals surface area contributed by atoms with Gasteiger partial charge in [-0.1, -0.05) is 6.07 Å². The van der Waals surface area contributed by atoms with E-state index in [1.165, 1.54) is 0 Å². The molecule has 0 amide bonds. The normalized spacial score (nSPS) is 14.1. The molecule has 22 heavy (non-hydrogen) atoms. The zero-order valence-electron chi connectivity index (χ0n) is 12.6. The van der Waals surface area contributed by atoms with Crippen LogP contribution in [0.5, 0.6) is 5.75 Å². The molecule has 3 rings (SSSR count). The quantitative estimate of drug-likeness (QED) is 0.902. The van der Waals surface area contributed by atoms with Crippen molar-refractivity contribution in [1.82, 2.24) is 9.97 Å². The van der Waals surface area contributed by atoms with Crippen LogP contribution in [0, 0.1) is 0 Å². The van der Waals surface area contributed by atoms with Crippen molar-refractivity contribution < 1.29 is 9.47 Å². The molecule has 1 aromatic heterocycles. The molecule has 0 radical (unpaired) electrons. The molecule has 0 unspecified atom stereocenters. The van der Waals surface area contributed by atoms with Crippen molar-refractivity contribution in [3.63, 3.8) is 0 Å². The number of anilines is 2. The first-order valence-corrected chi connectivity index (χ1v) is 7.01. The number of nitrogens with one attached hydrogen (secondary N) is 1. The van der Waals surface area contributed by atoms with Crippen LogP contribution in [-0.4, -0.2) is 30.2 Å². The highest BCUT2D eigenvalue weighted by Crippen LogP contribution is 2.30. The van der Waals surface area contributed by atoms with Crippen molar-refractivity contribution in [2.45, 2.75) is 6.92 Å². The van der Waals surface area contributed by atoms with Gasteiger partial charge >= 0.3 is 0 Å². The van der Waals surface area contributed by atoms with Gasteiger partial charge in [0.15, 0.2) is 0 Å². The predicted octanol–water partition coefficient (Wildman–Crippen LogP) is 2.49. The van der Waals surface area contributed by atoms with Gasteiger partial charge in [0.05, 0.1) is 23.8 Å². The molecule has 6 nitrogen and oxygen atoms in total. The third-order valence-corrected chi connectivity index (χ3v) is 3.43. The van der Waals surface area contributed by atoms with E-state index >= 15 is 0 Å². The van der Waals surface area contributed by atoms with Gasteiger partial charge in [0.2, 0.25) is 5.95 Å². The molecule has 0 fully saturated rings. The Kier molecular flexibility index (Phi) is 3.82. The fourth-order valence-corrected chi connectivity index (χ4v) is 2.42. The van der Waals surface area contributed by atoms with E-state index in [1.807, 2.05) is 37.3 Å². The van der Waals surface area contributed by atoms with E-state index in [-0.39, 0.29) is 5.95 Å². The number of benzene rings is 1. The molecule has 3 N–H and O–H groups in total. The van der Waals surface area contributed by atoms with Crippen molar-refractivity contribution >= 4 is 22.7 Å². The lowest BCUT2D eigenvalue weighted by atomic mass is 10.1. The Morgan fingerprint density at radius 1 is 1.36 bits per heavy atom. The van der Waals surface area contributed by atoms with E-state index in [0.29, 0.717) is 24.7 Å². The highest BCUT2D eigenvalue weighted by molar-refractivity contribution is 5.95. The van der Waals surface area contributed by atoms with Crippen LogP contribution in [0.1, 0.15) is 6.92 Å². The molecule has 0 bridgehead atoms. The van der Waals surface area contributed by atoms with Gasteiger partial charge in [-0.15, -0.1) is 0 Å². The largest absolute Gasteiger partial charge is 0.496 e. The van der Waals surface area contributed by atoms with Crippen molar-refractivity contribution in [2.75, 3.05) is 31.3 Å². The molecule has 0 aliphatic carbocycles. The van der Waals surface area contributed by atoms with Crippen molar-refractivity contribution in [2.24, 2.45) is 0 Å². The summed E-state index contributed by atoms with van der Waals surface area (Å²) in [5, 5.41) is 4.14. The zero-order valence-corrected chi connectivity index (χ0v) is 12.6. The molecule has 0 spiro atoms. The molecule has 6 heteroatoms. The van der Waals surface area contributed by atoms with Gasteiger partial charge in [-0.2, -0.15) is 4.98 Å². The van der Waals surface area contributed by atoms with Gasteiger partial charge in [0, 0.05) is 6.54 Å². The maximum Gasteiger partial charge on any atom is 0.222 e. The first kappa shape index (κ1) is 14.2. The number of nitrogens with zero attached hydrogens (tertiary/aromatic N) is 2. The fraction of sp³-hybridized carbons (Fsp3) is 0.250. The summed E-state index contributed by atoms with van der Waals surface area (Å²) in [7, 11) is 1.63. The van der Waals surface area contributed by atoms with Crippen LogP contribution in [-0.2, 0) is 4.74 Å². The maximum absolute atomic E-state index is 5.80. The monoisotopic (exact) mass is 298 g/mol. The Balaban J connectivity index is 1.94. The standard InChI is InChI=1S/C16H18N4O2/c1-10-8-11(6-7-22-10)9-18-15-14-12(19-16(17)20-15)4-3-5-13(14)21-2/h3-6,8H,7,9H2,1-2H3,(H3,17,18,19,20). The Hall–Kier alpha value is -2.76. The topological polar surface area (TPSA) is 82.3 Å². The van der Waals surface area contributed by atoms with Crippen molar-refractivity contribution in [3.8, 4) is 5.75 Å². The summed E-state index contributed by atoms with van der Waals surface area (Å²) in [6, 6.07) is 5.65. The minimum Gasteiger partial charge on any atom is -0.496 e. The smallest absolute Gasteiger partial charge is 0.222 e. The summed E-state index contributed by atoms with van der Waals surface area (Å²) in [5.41, 5.74) is 7.69. The Labute approximate surface area is 128 Å². The Morgan fingerprint density at radius 3 is 3.00 bits per heavy atom. The zero-order chi connectivity index (χ0) is 15.5. The third kappa shape index (κ3) is 2.81. The summed E-state index contributed by atoms with van der Waals surface area (Å²) < 4.78 is 10.8. The number of hydrogen-bond donors (Lipinski definition) is 2. The highest BCUT2D eigenvalue weighted by Gasteiger charge is 2.12. The summed E-state index contributed by atoms with van der Waals surface area (Å²) in [6.45, 7) is 3.16. The van der Waals surface area contributed by atoms with Crippen LogP contribution in [0.2, 0.25) is 0 Å². The van der Waals surface area contributed by atoms with Gasteiger partial charge < -0.3 is 20.5 Å². The van der Waals surface area contributed by atoms with Crippen LogP contribution in [0.4, 0.5) is 11.8 Å². The molecule has 1 aliphatic rings. The van der Waals surface area contributed by atoms with E-state index in [4.69, 9.17) is 15.2 Å². The minimum absolute atomic E-state index is 0.232. The van der Waals surface area contributed by atoms with Crippen LogP contribution in [0.25, 0.3) is 10.9 Å². The molecule has 1 aromatic carbocycles. The van der Waals surface area contributed by atoms with Gasteiger partial charge in [-0.05, 0) is 36.8 Å². The molecular formula is C16H18N4O2. The van der Waals surface area contributed by atoms with Crippen LogP contribution < -0.4 is 15.8 Å². The molecule has 0 atom stereocenters. The van der Waals surface area contributed by atoms with E-state index in [1.54, 1.807) is 7.11 Å². The van der Waals surface area contributed by atoms with Crippen LogP contribution in [0.15, 0.2) is 41.7 Å². The Bertz CT molecular complexity index is 768. The first-order valence-electron chi connectivity index (χ1n) is 7.01. The number of allylic oxidation sites excluding steroid dienone is 1. The number of rotatable bonds is 4. The minimum atomic E-state index is 0.232. The number of hydrogen-bond acceptors (Lipinski definition) is 6. The third-order valence-electron chi connectivity index (χ3n) is 3.43. The van der Waals surface area contributed by atoms with E-state index in [2.05, 4.69) is 15.3 Å². The number of fused-ring (bicyclic) bond motifs is 1. The van der Waals surface area contributed by atoms with Gasteiger partial charge in [0.25, 0.3) is 0 Å². The lowest BCUT2D eigenvalue weighted by Crippen LogP contribution is -2.11. The number of nitrogen functional groups attached to an aromatic ring is 1. The fourth-order valence-electron chi connectivity index (χ4n) is 2.42.